The molecule has 112 valence electrons. The van der Waals surface area contributed by atoms with Crippen LogP contribution in [0, 0.1) is 0 Å². The molecule has 1 atom stereocenters. The summed E-state index contributed by atoms with van der Waals surface area (Å²) in [4.78, 5) is 12.6. The zero-order chi connectivity index (χ0) is 15.2. The topological polar surface area (TPSA) is 38.3 Å². The first kappa shape index (κ1) is 15.6. The van der Waals surface area contributed by atoms with E-state index in [0.717, 1.165) is 10.6 Å². The molecule has 1 heterocycles. The lowest BCUT2D eigenvalue weighted by Gasteiger charge is -2.15. The molecule has 0 spiro atoms. The van der Waals surface area contributed by atoms with Gasteiger partial charge in [-0.2, -0.15) is 0 Å². The zero-order valence-electron chi connectivity index (χ0n) is 12.6. The van der Waals surface area contributed by atoms with Gasteiger partial charge in [-0.15, -0.1) is 11.3 Å². The van der Waals surface area contributed by atoms with E-state index in [1.165, 1.54) is 16.9 Å². The summed E-state index contributed by atoms with van der Waals surface area (Å²) >= 11 is 1.44. The van der Waals surface area contributed by atoms with Crippen LogP contribution in [0.4, 0.5) is 0 Å². The van der Waals surface area contributed by atoms with Crippen molar-refractivity contribution in [3.8, 4) is 5.75 Å². The predicted octanol–water partition coefficient (Wildman–Crippen LogP) is 4.07. The summed E-state index contributed by atoms with van der Waals surface area (Å²) in [5.74, 6) is 1.30. The van der Waals surface area contributed by atoms with Crippen molar-refractivity contribution in [3.05, 3.63) is 52.2 Å². The Morgan fingerprint density at radius 1 is 1.19 bits per heavy atom. The third kappa shape index (κ3) is 4.60. The van der Waals surface area contributed by atoms with Crippen LogP contribution in [0.15, 0.2) is 41.8 Å². The van der Waals surface area contributed by atoms with Crippen molar-refractivity contribution >= 4 is 17.2 Å². The van der Waals surface area contributed by atoms with Crippen molar-refractivity contribution in [1.29, 1.82) is 0 Å². The maximum Gasteiger partial charge on any atom is 0.261 e. The molecule has 0 aliphatic rings. The van der Waals surface area contributed by atoms with E-state index in [9.17, 15) is 4.79 Å². The van der Waals surface area contributed by atoms with E-state index in [2.05, 4.69) is 31.3 Å². The Hall–Kier alpha value is -1.81. The fourth-order valence-electron chi connectivity index (χ4n) is 1.91. The molecule has 3 nitrogen and oxygen atoms in total. The quantitative estimate of drug-likeness (QED) is 0.873. The monoisotopic (exact) mass is 303 g/mol. The number of amides is 1. The third-order valence-electron chi connectivity index (χ3n) is 3.17. The normalized spacial score (nSPS) is 12.2. The summed E-state index contributed by atoms with van der Waals surface area (Å²) in [6, 6.07) is 11.8. The van der Waals surface area contributed by atoms with Gasteiger partial charge < -0.3 is 10.1 Å². The molecular formula is C17H21NO2S. The number of thiophene rings is 1. The fourth-order valence-corrected chi connectivity index (χ4v) is 2.54. The molecule has 0 aliphatic carbocycles. The predicted molar refractivity (Wildman–Crippen MR) is 87.3 cm³/mol. The second-order valence-electron chi connectivity index (χ2n) is 5.39. The molecule has 0 fully saturated rings. The Bertz CT molecular complexity index is 561. The highest BCUT2D eigenvalue weighted by Gasteiger charge is 2.11. The van der Waals surface area contributed by atoms with Crippen LogP contribution in [-0.4, -0.2) is 18.6 Å². The van der Waals surface area contributed by atoms with Gasteiger partial charge in [-0.05, 0) is 42.0 Å². The maximum absolute atomic E-state index is 11.9. The second-order valence-corrected chi connectivity index (χ2v) is 6.33. The fraction of sp³-hybridized carbons (Fsp3) is 0.353. The Labute approximate surface area is 130 Å². The highest BCUT2D eigenvalue weighted by molar-refractivity contribution is 7.12. The maximum atomic E-state index is 11.9. The number of hydrogen-bond donors (Lipinski definition) is 1. The van der Waals surface area contributed by atoms with Crippen molar-refractivity contribution in [2.45, 2.75) is 32.7 Å². The summed E-state index contributed by atoms with van der Waals surface area (Å²) in [6.45, 7) is 6.72. The first-order chi connectivity index (χ1) is 10.1. The summed E-state index contributed by atoms with van der Waals surface area (Å²) in [7, 11) is 0. The number of nitrogens with one attached hydrogen (secondary N) is 1. The number of ether oxygens (including phenoxy) is 1. The van der Waals surface area contributed by atoms with E-state index >= 15 is 0 Å². The lowest BCUT2D eigenvalue weighted by atomic mass is 10.0. The lowest BCUT2D eigenvalue weighted by Crippen LogP contribution is -2.36. The number of carbonyl (C=O) groups is 1. The molecule has 2 rings (SSSR count). The number of rotatable bonds is 6. The van der Waals surface area contributed by atoms with Crippen molar-refractivity contribution < 1.29 is 9.53 Å². The van der Waals surface area contributed by atoms with E-state index < -0.39 is 0 Å². The van der Waals surface area contributed by atoms with Crippen LogP contribution >= 0.6 is 11.3 Å². The Kier molecular flexibility index (Phi) is 5.39. The average molecular weight is 303 g/mol. The molecule has 1 aromatic heterocycles. The van der Waals surface area contributed by atoms with Crippen molar-refractivity contribution in [2.24, 2.45) is 0 Å². The van der Waals surface area contributed by atoms with Gasteiger partial charge in [0.25, 0.3) is 5.91 Å². The molecule has 0 aliphatic heterocycles. The average Bonchev–Trinajstić information content (AvgIpc) is 3.00. The first-order valence-corrected chi connectivity index (χ1v) is 8.01. The summed E-state index contributed by atoms with van der Waals surface area (Å²) < 4.78 is 5.71. The van der Waals surface area contributed by atoms with Crippen molar-refractivity contribution in [2.75, 3.05) is 6.61 Å². The van der Waals surface area contributed by atoms with Crippen LogP contribution in [0.2, 0.25) is 0 Å². The minimum absolute atomic E-state index is 0.0376. The summed E-state index contributed by atoms with van der Waals surface area (Å²) in [5.41, 5.74) is 1.29. The Balaban J connectivity index is 1.81. The van der Waals surface area contributed by atoms with Gasteiger partial charge in [0, 0.05) is 0 Å². The summed E-state index contributed by atoms with van der Waals surface area (Å²) in [6.07, 6.45) is 0. The molecule has 1 unspecified atom stereocenters. The Morgan fingerprint density at radius 3 is 2.48 bits per heavy atom. The minimum Gasteiger partial charge on any atom is -0.491 e. The van der Waals surface area contributed by atoms with E-state index in [1.807, 2.05) is 36.6 Å². The highest BCUT2D eigenvalue weighted by Crippen LogP contribution is 2.18. The lowest BCUT2D eigenvalue weighted by molar-refractivity contribution is 0.0931. The minimum atomic E-state index is -0.0451. The molecular weight excluding hydrogens is 282 g/mol. The molecule has 1 aromatic carbocycles. The molecule has 1 N–H and O–H groups in total. The van der Waals surface area contributed by atoms with Gasteiger partial charge >= 0.3 is 0 Å². The van der Waals surface area contributed by atoms with Gasteiger partial charge in [-0.3, -0.25) is 4.79 Å². The SMILES string of the molecule is CC(COc1ccc(C(C)C)cc1)NC(=O)c1cccs1. The summed E-state index contributed by atoms with van der Waals surface area (Å²) in [5, 5.41) is 4.82. The standard InChI is InChI=1S/C17H21NO2S/c1-12(2)14-6-8-15(9-7-14)20-11-13(3)18-17(19)16-5-4-10-21-16/h4-10,12-13H,11H2,1-3H3,(H,18,19). The largest absolute Gasteiger partial charge is 0.491 e. The van der Waals surface area contributed by atoms with E-state index in [1.54, 1.807) is 0 Å². The van der Waals surface area contributed by atoms with E-state index in [0.29, 0.717) is 12.5 Å². The van der Waals surface area contributed by atoms with Crippen molar-refractivity contribution in [1.82, 2.24) is 5.32 Å². The highest BCUT2D eigenvalue weighted by atomic mass is 32.1. The van der Waals surface area contributed by atoms with Crippen LogP contribution < -0.4 is 10.1 Å². The van der Waals surface area contributed by atoms with Gasteiger partial charge in [-0.25, -0.2) is 0 Å². The zero-order valence-corrected chi connectivity index (χ0v) is 13.4. The van der Waals surface area contributed by atoms with Gasteiger partial charge in [0.2, 0.25) is 0 Å². The molecule has 0 radical (unpaired) electrons. The van der Waals surface area contributed by atoms with Crippen LogP contribution in [0.3, 0.4) is 0 Å². The van der Waals surface area contributed by atoms with Crippen LogP contribution in [0.5, 0.6) is 5.75 Å². The van der Waals surface area contributed by atoms with Crippen LogP contribution in [0.1, 0.15) is 41.9 Å². The smallest absolute Gasteiger partial charge is 0.261 e. The van der Waals surface area contributed by atoms with E-state index in [-0.39, 0.29) is 11.9 Å². The third-order valence-corrected chi connectivity index (χ3v) is 4.04. The van der Waals surface area contributed by atoms with Gasteiger partial charge in [0.15, 0.2) is 0 Å². The Morgan fingerprint density at radius 2 is 1.90 bits per heavy atom. The molecule has 1 amide bonds. The number of hydrogen-bond acceptors (Lipinski definition) is 3. The molecule has 2 aromatic rings. The molecule has 4 heteroatoms. The molecule has 0 bridgehead atoms. The second kappa shape index (κ2) is 7.27. The van der Waals surface area contributed by atoms with Crippen molar-refractivity contribution in [3.63, 3.8) is 0 Å². The number of carbonyl (C=O) groups excluding carboxylic acids is 1. The molecule has 0 saturated carbocycles. The number of benzene rings is 1. The van der Waals surface area contributed by atoms with Gasteiger partial charge in [-0.1, -0.05) is 32.0 Å². The van der Waals surface area contributed by atoms with Crippen LogP contribution in [0.25, 0.3) is 0 Å². The van der Waals surface area contributed by atoms with Gasteiger partial charge in [0.05, 0.1) is 10.9 Å². The van der Waals surface area contributed by atoms with Crippen LogP contribution in [-0.2, 0) is 0 Å². The molecule has 21 heavy (non-hydrogen) atoms. The van der Waals surface area contributed by atoms with E-state index in [4.69, 9.17) is 4.74 Å². The van der Waals surface area contributed by atoms with Gasteiger partial charge in [0.1, 0.15) is 12.4 Å². The molecule has 0 saturated heterocycles. The first-order valence-electron chi connectivity index (χ1n) is 7.13.